The van der Waals surface area contributed by atoms with E-state index in [0.717, 1.165) is 5.69 Å². The Morgan fingerprint density at radius 1 is 1.38 bits per heavy atom. The number of aromatic nitrogens is 3. The Labute approximate surface area is 91.3 Å². The topological polar surface area (TPSA) is 94.0 Å². The van der Waals surface area contributed by atoms with Crippen LogP contribution >= 0.6 is 0 Å². The first-order valence-corrected chi connectivity index (χ1v) is 4.64. The Kier molecular flexibility index (Phi) is 2.65. The fourth-order valence-corrected chi connectivity index (χ4v) is 1.34. The lowest BCUT2D eigenvalue weighted by molar-refractivity contribution is -0.138. The van der Waals surface area contributed by atoms with Gasteiger partial charge in [0.2, 0.25) is 0 Å². The molecule has 0 saturated carbocycles. The Morgan fingerprint density at radius 2 is 2.06 bits per heavy atom. The van der Waals surface area contributed by atoms with Crippen molar-refractivity contribution in [1.29, 1.82) is 0 Å². The molecule has 6 nitrogen and oxygen atoms in total. The van der Waals surface area contributed by atoms with Gasteiger partial charge < -0.3 is 10.8 Å². The minimum Gasteiger partial charge on any atom is -0.480 e. The Bertz CT molecular complexity index is 495. The van der Waals surface area contributed by atoms with Crippen LogP contribution in [-0.2, 0) is 4.79 Å². The summed E-state index contributed by atoms with van der Waals surface area (Å²) in [5.74, 6) is -0.927. The molecule has 1 unspecified atom stereocenters. The molecule has 1 aromatic carbocycles. The van der Waals surface area contributed by atoms with E-state index in [1.165, 1.54) is 11.0 Å². The normalized spacial score (nSPS) is 12.3. The van der Waals surface area contributed by atoms with Crippen molar-refractivity contribution in [2.45, 2.75) is 6.04 Å². The van der Waals surface area contributed by atoms with Crippen molar-refractivity contribution in [3.05, 3.63) is 42.5 Å². The van der Waals surface area contributed by atoms with Crippen LogP contribution in [0.2, 0.25) is 0 Å². The maximum absolute atomic E-state index is 10.8. The van der Waals surface area contributed by atoms with Gasteiger partial charge in [0, 0.05) is 0 Å². The van der Waals surface area contributed by atoms with Crippen LogP contribution in [0, 0.1) is 0 Å². The van der Waals surface area contributed by atoms with Crippen molar-refractivity contribution in [3.63, 3.8) is 0 Å². The van der Waals surface area contributed by atoms with Crippen molar-refractivity contribution in [3.8, 4) is 5.69 Å². The first-order valence-electron chi connectivity index (χ1n) is 4.64. The molecule has 0 radical (unpaired) electrons. The molecule has 0 aliphatic rings. The summed E-state index contributed by atoms with van der Waals surface area (Å²) in [7, 11) is 0. The summed E-state index contributed by atoms with van der Waals surface area (Å²) in [6, 6.07) is 7.93. The monoisotopic (exact) mass is 218 g/mol. The van der Waals surface area contributed by atoms with Gasteiger partial charge in [-0.1, -0.05) is 18.2 Å². The Balaban J connectivity index is 2.44. The van der Waals surface area contributed by atoms with E-state index >= 15 is 0 Å². The van der Waals surface area contributed by atoms with Crippen LogP contribution in [0.15, 0.2) is 36.7 Å². The SMILES string of the molecule is NC(C(=O)O)c1ncnn1-c1ccccc1. The third-order valence-electron chi connectivity index (χ3n) is 2.12. The predicted molar refractivity (Wildman–Crippen MR) is 55.9 cm³/mol. The summed E-state index contributed by atoms with van der Waals surface area (Å²) in [5.41, 5.74) is 6.23. The number of hydrogen-bond acceptors (Lipinski definition) is 4. The van der Waals surface area contributed by atoms with Crippen LogP contribution in [0.25, 0.3) is 5.69 Å². The number of carboxylic acids is 1. The number of para-hydroxylation sites is 1. The van der Waals surface area contributed by atoms with Gasteiger partial charge in [0.05, 0.1) is 5.69 Å². The van der Waals surface area contributed by atoms with Gasteiger partial charge in [-0.15, -0.1) is 0 Å². The van der Waals surface area contributed by atoms with Gasteiger partial charge in [0.15, 0.2) is 11.9 Å². The Hall–Kier alpha value is -2.21. The molecular formula is C10H10N4O2. The summed E-state index contributed by atoms with van der Waals surface area (Å²) in [6.45, 7) is 0. The highest BCUT2D eigenvalue weighted by Crippen LogP contribution is 2.12. The second-order valence-electron chi connectivity index (χ2n) is 3.18. The minimum absolute atomic E-state index is 0.207. The molecule has 0 aliphatic carbocycles. The highest BCUT2D eigenvalue weighted by Gasteiger charge is 2.21. The van der Waals surface area contributed by atoms with E-state index in [0.29, 0.717) is 0 Å². The summed E-state index contributed by atoms with van der Waals surface area (Å²) < 4.78 is 1.42. The smallest absolute Gasteiger partial charge is 0.328 e. The number of carboxylic acid groups (broad SMARTS) is 1. The van der Waals surface area contributed by atoms with E-state index in [1.54, 1.807) is 12.1 Å². The van der Waals surface area contributed by atoms with E-state index in [2.05, 4.69) is 10.1 Å². The maximum Gasteiger partial charge on any atom is 0.328 e. The third kappa shape index (κ3) is 1.78. The van der Waals surface area contributed by atoms with Crippen LogP contribution in [0.1, 0.15) is 11.9 Å². The van der Waals surface area contributed by atoms with Gasteiger partial charge in [-0.3, -0.25) is 4.79 Å². The zero-order valence-corrected chi connectivity index (χ0v) is 8.32. The van der Waals surface area contributed by atoms with Crippen LogP contribution in [-0.4, -0.2) is 25.8 Å². The molecule has 1 atom stereocenters. The summed E-state index contributed by atoms with van der Waals surface area (Å²) in [6.07, 6.45) is 1.28. The number of nitrogens with two attached hydrogens (primary N) is 1. The van der Waals surface area contributed by atoms with Gasteiger partial charge in [-0.25, -0.2) is 9.67 Å². The summed E-state index contributed by atoms with van der Waals surface area (Å²) in [5, 5.41) is 12.8. The van der Waals surface area contributed by atoms with Gasteiger partial charge in [0.1, 0.15) is 6.33 Å². The molecular weight excluding hydrogens is 208 g/mol. The van der Waals surface area contributed by atoms with Crippen LogP contribution in [0.5, 0.6) is 0 Å². The van der Waals surface area contributed by atoms with Crippen molar-refractivity contribution in [1.82, 2.24) is 14.8 Å². The number of carbonyl (C=O) groups is 1. The van der Waals surface area contributed by atoms with Gasteiger partial charge in [-0.2, -0.15) is 5.10 Å². The van der Waals surface area contributed by atoms with Crippen LogP contribution in [0.3, 0.4) is 0 Å². The average Bonchev–Trinajstić information content (AvgIpc) is 2.77. The minimum atomic E-state index is -1.18. The van der Waals surface area contributed by atoms with E-state index < -0.39 is 12.0 Å². The number of benzene rings is 1. The van der Waals surface area contributed by atoms with Gasteiger partial charge in [-0.05, 0) is 12.1 Å². The molecule has 1 aromatic heterocycles. The number of aliphatic carboxylic acids is 1. The molecule has 0 aliphatic heterocycles. The standard InChI is InChI=1S/C10H10N4O2/c11-8(10(15)16)9-12-6-13-14(9)7-4-2-1-3-5-7/h1-6,8H,11H2,(H,15,16). The third-order valence-corrected chi connectivity index (χ3v) is 2.12. The number of hydrogen-bond donors (Lipinski definition) is 2. The van der Waals surface area contributed by atoms with Gasteiger partial charge in [0.25, 0.3) is 0 Å². The van der Waals surface area contributed by atoms with Crippen LogP contribution < -0.4 is 5.73 Å². The number of nitrogens with zero attached hydrogens (tertiary/aromatic N) is 3. The molecule has 0 amide bonds. The quantitative estimate of drug-likeness (QED) is 0.775. The summed E-state index contributed by atoms with van der Waals surface area (Å²) in [4.78, 5) is 14.6. The molecule has 0 bridgehead atoms. The molecule has 0 spiro atoms. The molecule has 2 aromatic rings. The molecule has 0 fully saturated rings. The van der Waals surface area contributed by atoms with E-state index in [1.807, 2.05) is 18.2 Å². The van der Waals surface area contributed by atoms with Crippen molar-refractivity contribution >= 4 is 5.97 Å². The van der Waals surface area contributed by atoms with Crippen molar-refractivity contribution < 1.29 is 9.90 Å². The highest BCUT2D eigenvalue weighted by atomic mass is 16.4. The van der Waals surface area contributed by atoms with Crippen LogP contribution in [0.4, 0.5) is 0 Å². The molecule has 16 heavy (non-hydrogen) atoms. The largest absolute Gasteiger partial charge is 0.480 e. The molecule has 3 N–H and O–H groups in total. The fraction of sp³-hybridized carbons (Fsp3) is 0.100. The van der Waals surface area contributed by atoms with Crippen molar-refractivity contribution in [2.24, 2.45) is 5.73 Å². The molecule has 2 rings (SSSR count). The second-order valence-corrected chi connectivity index (χ2v) is 3.18. The average molecular weight is 218 g/mol. The molecule has 0 saturated heterocycles. The first kappa shape index (κ1) is 10.3. The lowest BCUT2D eigenvalue weighted by Crippen LogP contribution is -2.24. The zero-order chi connectivity index (χ0) is 11.5. The fourth-order valence-electron chi connectivity index (χ4n) is 1.34. The number of rotatable bonds is 3. The van der Waals surface area contributed by atoms with E-state index in [4.69, 9.17) is 10.8 Å². The molecule has 82 valence electrons. The molecule has 6 heteroatoms. The lowest BCUT2D eigenvalue weighted by atomic mass is 10.2. The predicted octanol–water partition coefficient (Wildman–Crippen LogP) is 0.352. The zero-order valence-electron chi connectivity index (χ0n) is 8.32. The first-order chi connectivity index (χ1) is 7.70. The highest BCUT2D eigenvalue weighted by molar-refractivity contribution is 5.74. The molecule has 1 heterocycles. The second kappa shape index (κ2) is 4.11. The van der Waals surface area contributed by atoms with E-state index in [-0.39, 0.29) is 5.82 Å². The summed E-state index contributed by atoms with van der Waals surface area (Å²) >= 11 is 0. The van der Waals surface area contributed by atoms with Crippen molar-refractivity contribution in [2.75, 3.05) is 0 Å². The van der Waals surface area contributed by atoms with Gasteiger partial charge >= 0.3 is 5.97 Å². The lowest BCUT2D eigenvalue weighted by Gasteiger charge is -2.08. The Morgan fingerprint density at radius 3 is 2.69 bits per heavy atom. The van der Waals surface area contributed by atoms with E-state index in [9.17, 15) is 4.79 Å². The maximum atomic E-state index is 10.8.